The standard InChI is InChI=1S/C9H12N4O4S/c14-4-3-13-7-9(6-10-13)18(15,16)12-5-8-1-2-11-17-8/h1-2,6-7,12,14H,3-5H2. The predicted octanol–water partition coefficient (Wildman–Crippen LogP) is -0.658. The molecule has 0 aliphatic rings. The Hall–Kier alpha value is -1.71. The van der Waals surface area contributed by atoms with Gasteiger partial charge in [0.2, 0.25) is 10.0 Å². The van der Waals surface area contributed by atoms with E-state index in [-0.39, 0.29) is 24.6 Å². The molecule has 0 saturated carbocycles. The van der Waals surface area contributed by atoms with Crippen LogP contribution in [0.5, 0.6) is 0 Å². The number of aromatic nitrogens is 3. The van der Waals surface area contributed by atoms with Gasteiger partial charge in [-0.15, -0.1) is 0 Å². The molecule has 0 aromatic carbocycles. The third kappa shape index (κ3) is 2.94. The molecule has 9 heteroatoms. The lowest BCUT2D eigenvalue weighted by molar-refractivity contribution is 0.269. The van der Waals surface area contributed by atoms with Crippen molar-refractivity contribution >= 4 is 10.0 Å². The summed E-state index contributed by atoms with van der Waals surface area (Å²) < 4.78 is 32.2. The van der Waals surface area contributed by atoms with Crippen molar-refractivity contribution in [1.82, 2.24) is 19.7 Å². The van der Waals surface area contributed by atoms with Crippen LogP contribution in [0.25, 0.3) is 0 Å². The van der Waals surface area contributed by atoms with Gasteiger partial charge < -0.3 is 9.63 Å². The number of aliphatic hydroxyl groups excluding tert-OH is 1. The average molecular weight is 272 g/mol. The summed E-state index contributed by atoms with van der Waals surface area (Å²) in [6.45, 7) is 0.164. The molecule has 98 valence electrons. The lowest BCUT2D eigenvalue weighted by atomic mass is 10.5. The maximum atomic E-state index is 11.9. The van der Waals surface area contributed by atoms with Crippen LogP contribution in [0.15, 0.2) is 34.1 Å². The van der Waals surface area contributed by atoms with Crippen LogP contribution in [0.3, 0.4) is 0 Å². The molecule has 2 aromatic rings. The molecular formula is C9H12N4O4S. The van der Waals surface area contributed by atoms with E-state index in [0.717, 1.165) is 0 Å². The fourth-order valence-electron chi connectivity index (χ4n) is 1.29. The fourth-order valence-corrected chi connectivity index (χ4v) is 2.24. The average Bonchev–Trinajstić information content (AvgIpc) is 2.98. The molecule has 2 N–H and O–H groups in total. The van der Waals surface area contributed by atoms with Gasteiger partial charge in [0.1, 0.15) is 4.90 Å². The summed E-state index contributed by atoms with van der Waals surface area (Å²) in [5.74, 6) is 0.418. The second-order valence-electron chi connectivity index (χ2n) is 3.47. The first-order valence-corrected chi connectivity index (χ1v) is 6.62. The van der Waals surface area contributed by atoms with Gasteiger partial charge in [-0.2, -0.15) is 5.10 Å². The summed E-state index contributed by atoms with van der Waals surface area (Å²) in [6, 6.07) is 1.57. The van der Waals surface area contributed by atoms with E-state index in [9.17, 15) is 8.42 Å². The summed E-state index contributed by atoms with van der Waals surface area (Å²) >= 11 is 0. The molecule has 0 radical (unpaired) electrons. The minimum Gasteiger partial charge on any atom is -0.394 e. The Bertz CT molecular complexity index is 590. The zero-order chi connectivity index (χ0) is 13.0. The van der Waals surface area contributed by atoms with E-state index in [4.69, 9.17) is 9.63 Å². The number of nitrogens with one attached hydrogen (secondary N) is 1. The highest BCUT2D eigenvalue weighted by molar-refractivity contribution is 7.89. The van der Waals surface area contributed by atoms with E-state index in [1.165, 1.54) is 23.3 Å². The van der Waals surface area contributed by atoms with Gasteiger partial charge in [-0.3, -0.25) is 4.68 Å². The van der Waals surface area contributed by atoms with Crippen molar-refractivity contribution in [2.45, 2.75) is 18.0 Å². The van der Waals surface area contributed by atoms with Gasteiger partial charge in [0, 0.05) is 12.3 Å². The Labute approximate surface area is 103 Å². The molecule has 0 fully saturated rings. The molecule has 0 atom stereocenters. The van der Waals surface area contributed by atoms with E-state index >= 15 is 0 Å². The van der Waals surface area contributed by atoms with Gasteiger partial charge in [0.05, 0.1) is 32.1 Å². The molecule has 2 aromatic heterocycles. The van der Waals surface area contributed by atoms with Gasteiger partial charge in [0.15, 0.2) is 5.76 Å². The van der Waals surface area contributed by atoms with E-state index in [1.807, 2.05) is 0 Å². The molecule has 0 aliphatic carbocycles. The predicted molar refractivity (Wildman–Crippen MR) is 59.8 cm³/mol. The van der Waals surface area contributed by atoms with Crippen LogP contribution in [0, 0.1) is 0 Å². The summed E-state index contributed by atoms with van der Waals surface area (Å²) in [4.78, 5) is 0.0375. The van der Waals surface area contributed by atoms with Crippen LogP contribution >= 0.6 is 0 Å². The van der Waals surface area contributed by atoms with Crippen LogP contribution in [0.1, 0.15) is 5.76 Å². The van der Waals surface area contributed by atoms with Crippen LogP contribution < -0.4 is 4.72 Å². The third-order valence-corrected chi connectivity index (χ3v) is 3.53. The van der Waals surface area contributed by atoms with Gasteiger partial charge in [-0.1, -0.05) is 5.16 Å². The molecule has 0 aliphatic heterocycles. The Kier molecular flexibility index (Phi) is 3.75. The molecule has 18 heavy (non-hydrogen) atoms. The van der Waals surface area contributed by atoms with Crippen LogP contribution in [-0.4, -0.2) is 35.1 Å². The number of nitrogens with zero attached hydrogens (tertiary/aromatic N) is 3. The fraction of sp³-hybridized carbons (Fsp3) is 0.333. The molecule has 2 rings (SSSR count). The molecule has 0 bridgehead atoms. The second kappa shape index (κ2) is 5.29. The van der Waals surface area contributed by atoms with Crippen molar-refractivity contribution in [1.29, 1.82) is 0 Å². The highest BCUT2D eigenvalue weighted by Crippen LogP contribution is 2.08. The monoisotopic (exact) mass is 272 g/mol. The number of sulfonamides is 1. The van der Waals surface area contributed by atoms with Crippen molar-refractivity contribution in [2.75, 3.05) is 6.61 Å². The normalized spacial score (nSPS) is 11.8. The first kappa shape index (κ1) is 12.7. The number of hydrogen-bond acceptors (Lipinski definition) is 6. The quantitative estimate of drug-likeness (QED) is 0.722. The summed E-state index contributed by atoms with van der Waals surface area (Å²) in [6.07, 6.45) is 4.00. The zero-order valence-electron chi connectivity index (χ0n) is 9.35. The van der Waals surface area contributed by atoms with Crippen molar-refractivity contribution in [3.63, 3.8) is 0 Å². The lowest BCUT2D eigenvalue weighted by Gasteiger charge is -2.01. The second-order valence-corrected chi connectivity index (χ2v) is 5.23. The molecule has 0 spiro atoms. The van der Waals surface area contributed by atoms with Crippen molar-refractivity contribution < 1.29 is 18.0 Å². The largest absolute Gasteiger partial charge is 0.394 e. The maximum absolute atomic E-state index is 11.9. The SMILES string of the molecule is O=S(=O)(NCc1ccno1)c1cnn(CCO)c1. The minimum absolute atomic E-state index is 0.0213. The Morgan fingerprint density at radius 1 is 1.50 bits per heavy atom. The van der Waals surface area contributed by atoms with Crippen molar-refractivity contribution in [3.8, 4) is 0 Å². The van der Waals surface area contributed by atoms with Gasteiger partial charge in [-0.25, -0.2) is 13.1 Å². The Morgan fingerprint density at radius 3 is 3.00 bits per heavy atom. The maximum Gasteiger partial charge on any atom is 0.244 e. The van der Waals surface area contributed by atoms with E-state index in [2.05, 4.69) is 15.0 Å². The van der Waals surface area contributed by atoms with Gasteiger partial charge in [-0.05, 0) is 0 Å². The summed E-state index contributed by atoms with van der Waals surface area (Å²) in [7, 11) is -3.64. The zero-order valence-corrected chi connectivity index (χ0v) is 10.2. The lowest BCUT2D eigenvalue weighted by Crippen LogP contribution is -2.22. The molecule has 0 unspecified atom stereocenters. The Balaban J connectivity index is 2.05. The van der Waals surface area contributed by atoms with Crippen molar-refractivity contribution in [2.24, 2.45) is 0 Å². The molecule has 0 amide bonds. The highest BCUT2D eigenvalue weighted by Gasteiger charge is 2.16. The number of aliphatic hydroxyl groups is 1. The smallest absolute Gasteiger partial charge is 0.244 e. The van der Waals surface area contributed by atoms with Gasteiger partial charge in [0.25, 0.3) is 0 Å². The summed E-state index contributed by atoms with van der Waals surface area (Å²) in [5, 5.41) is 16.0. The van der Waals surface area contributed by atoms with E-state index in [0.29, 0.717) is 5.76 Å². The molecule has 8 nitrogen and oxygen atoms in total. The van der Waals surface area contributed by atoms with Crippen LogP contribution in [-0.2, 0) is 23.1 Å². The van der Waals surface area contributed by atoms with Crippen LogP contribution in [0.4, 0.5) is 0 Å². The third-order valence-electron chi connectivity index (χ3n) is 2.18. The minimum atomic E-state index is -3.64. The van der Waals surface area contributed by atoms with Gasteiger partial charge >= 0.3 is 0 Å². The first-order chi connectivity index (χ1) is 8.62. The summed E-state index contributed by atoms with van der Waals surface area (Å²) in [5.41, 5.74) is 0. The van der Waals surface area contributed by atoms with Crippen LogP contribution in [0.2, 0.25) is 0 Å². The van der Waals surface area contributed by atoms with E-state index < -0.39 is 10.0 Å². The number of hydrogen-bond donors (Lipinski definition) is 2. The molecule has 0 saturated heterocycles. The molecule has 2 heterocycles. The number of rotatable bonds is 6. The van der Waals surface area contributed by atoms with Crippen molar-refractivity contribution in [3.05, 3.63) is 30.4 Å². The Morgan fingerprint density at radius 2 is 2.33 bits per heavy atom. The molecular weight excluding hydrogens is 260 g/mol. The topological polar surface area (TPSA) is 110 Å². The first-order valence-electron chi connectivity index (χ1n) is 5.14. The van der Waals surface area contributed by atoms with E-state index in [1.54, 1.807) is 6.07 Å². The highest BCUT2D eigenvalue weighted by atomic mass is 32.2.